The lowest BCUT2D eigenvalue weighted by Gasteiger charge is -2.32. The predicted molar refractivity (Wildman–Crippen MR) is 117 cm³/mol. The third-order valence-corrected chi connectivity index (χ3v) is 6.23. The Morgan fingerprint density at radius 1 is 1.06 bits per heavy atom. The maximum atomic E-state index is 13.3. The van der Waals surface area contributed by atoms with Crippen molar-refractivity contribution < 1.29 is 14.7 Å². The lowest BCUT2D eigenvalue weighted by Crippen LogP contribution is -2.41. The van der Waals surface area contributed by atoms with Crippen LogP contribution < -0.4 is 4.90 Å². The van der Waals surface area contributed by atoms with Gasteiger partial charge in [0.2, 0.25) is 5.91 Å². The summed E-state index contributed by atoms with van der Waals surface area (Å²) >= 11 is 6.03. The van der Waals surface area contributed by atoms with Crippen LogP contribution in [0.15, 0.2) is 48.5 Å². The molecule has 0 bridgehead atoms. The van der Waals surface area contributed by atoms with E-state index in [0.29, 0.717) is 48.1 Å². The minimum atomic E-state index is -0.452. The molecule has 3 aromatic rings. The molecule has 8 heteroatoms. The number of rotatable bonds is 3. The number of fused-ring (bicyclic) bond motifs is 2. The molecule has 2 aliphatic heterocycles. The van der Waals surface area contributed by atoms with Crippen LogP contribution in [0.4, 0.5) is 5.82 Å². The molecule has 4 heterocycles. The average molecular weight is 437 g/mol. The number of halogens is 1. The molecule has 1 N–H and O–H groups in total. The minimum Gasteiger partial charge on any atom is -0.393 e. The number of hydrogen-bond acceptors (Lipinski definition) is 5. The smallest absolute Gasteiger partial charge is 0.260 e. The van der Waals surface area contributed by atoms with Gasteiger partial charge in [-0.05, 0) is 48.7 Å². The number of carbonyl (C=O) groups excluding carboxylic acids is 2. The van der Waals surface area contributed by atoms with Gasteiger partial charge in [-0.3, -0.25) is 14.5 Å². The number of aromatic nitrogens is 2. The van der Waals surface area contributed by atoms with Crippen LogP contribution in [-0.4, -0.2) is 51.0 Å². The zero-order valence-electron chi connectivity index (χ0n) is 16.7. The first-order valence-corrected chi connectivity index (χ1v) is 10.7. The highest BCUT2D eigenvalue weighted by atomic mass is 35.5. The summed E-state index contributed by atoms with van der Waals surface area (Å²) in [4.78, 5) is 38.6. The van der Waals surface area contributed by atoms with Crippen LogP contribution in [0.3, 0.4) is 0 Å². The van der Waals surface area contributed by atoms with Crippen LogP contribution in [0.5, 0.6) is 0 Å². The Morgan fingerprint density at radius 2 is 1.81 bits per heavy atom. The summed E-state index contributed by atoms with van der Waals surface area (Å²) in [6.07, 6.45) is 0.958. The average Bonchev–Trinajstić information content (AvgIpc) is 3.05. The van der Waals surface area contributed by atoms with E-state index in [2.05, 4.69) is 9.97 Å². The van der Waals surface area contributed by atoms with Crippen LogP contribution in [0.1, 0.15) is 41.2 Å². The molecule has 158 valence electrons. The number of anilines is 1. The first-order chi connectivity index (χ1) is 15.0. The molecule has 2 aromatic heterocycles. The molecule has 0 unspecified atom stereocenters. The first kappa shape index (κ1) is 19.9. The van der Waals surface area contributed by atoms with Crippen molar-refractivity contribution in [3.05, 3.63) is 64.8 Å². The summed E-state index contributed by atoms with van der Waals surface area (Å²) in [7, 11) is 0. The first-order valence-electron chi connectivity index (χ1n) is 10.3. The zero-order chi connectivity index (χ0) is 21.5. The maximum Gasteiger partial charge on any atom is 0.260 e. The second kappa shape index (κ2) is 7.90. The van der Waals surface area contributed by atoms with Gasteiger partial charge in [0.25, 0.3) is 5.91 Å². The Bertz CT molecular complexity index is 1180. The number of piperidine rings is 1. The van der Waals surface area contributed by atoms with Gasteiger partial charge < -0.3 is 10.0 Å². The SMILES string of the molecule is O=C(C[C@@H]1c2ccccc2C(=O)N1c1ccc2ccc(Cl)nc2n1)N1CCC(O)CC1. The quantitative estimate of drug-likeness (QED) is 0.636. The Morgan fingerprint density at radius 3 is 2.61 bits per heavy atom. The summed E-state index contributed by atoms with van der Waals surface area (Å²) in [5, 5.41) is 10.9. The molecule has 1 saturated heterocycles. The third-order valence-electron chi connectivity index (χ3n) is 6.02. The summed E-state index contributed by atoms with van der Waals surface area (Å²) in [5.74, 6) is 0.222. The van der Waals surface area contributed by atoms with E-state index in [1.807, 2.05) is 30.3 Å². The molecular formula is C23H21ClN4O3. The van der Waals surface area contributed by atoms with E-state index in [4.69, 9.17) is 11.6 Å². The van der Waals surface area contributed by atoms with Gasteiger partial charge in [-0.15, -0.1) is 0 Å². The third kappa shape index (κ3) is 3.64. The molecule has 5 rings (SSSR count). The fourth-order valence-corrected chi connectivity index (χ4v) is 4.51. The highest BCUT2D eigenvalue weighted by Gasteiger charge is 2.40. The van der Waals surface area contributed by atoms with Gasteiger partial charge in [-0.1, -0.05) is 29.8 Å². The number of aliphatic hydroxyl groups excluding tert-OH is 1. The lowest BCUT2D eigenvalue weighted by molar-refractivity contribution is -0.133. The monoisotopic (exact) mass is 436 g/mol. The highest BCUT2D eigenvalue weighted by molar-refractivity contribution is 6.29. The van der Waals surface area contributed by atoms with Gasteiger partial charge in [-0.25, -0.2) is 9.97 Å². The molecule has 1 atom stereocenters. The Balaban J connectivity index is 1.51. The number of hydrogen-bond donors (Lipinski definition) is 1. The van der Waals surface area contributed by atoms with Crippen molar-refractivity contribution in [3.63, 3.8) is 0 Å². The van der Waals surface area contributed by atoms with Crippen molar-refractivity contribution in [2.45, 2.75) is 31.4 Å². The molecule has 0 radical (unpaired) electrons. The van der Waals surface area contributed by atoms with Gasteiger partial charge >= 0.3 is 0 Å². The summed E-state index contributed by atoms with van der Waals surface area (Å²) in [6.45, 7) is 1.05. The lowest BCUT2D eigenvalue weighted by atomic mass is 10.0. The molecule has 2 aliphatic rings. The molecule has 1 fully saturated rings. The van der Waals surface area contributed by atoms with Crippen molar-refractivity contribution in [2.75, 3.05) is 18.0 Å². The van der Waals surface area contributed by atoms with Crippen molar-refractivity contribution in [1.29, 1.82) is 0 Å². The summed E-state index contributed by atoms with van der Waals surface area (Å²) < 4.78 is 0. The van der Waals surface area contributed by atoms with Crippen LogP contribution in [0.25, 0.3) is 11.0 Å². The van der Waals surface area contributed by atoms with Gasteiger partial charge in [0.15, 0.2) is 5.65 Å². The van der Waals surface area contributed by atoms with E-state index in [0.717, 1.165) is 10.9 Å². The molecular weight excluding hydrogens is 416 g/mol. The van der Waals surface area contributed by atoms with Crippen molar-refractivity contribution in [1.82, 2.24) is 14.9 Å². The number of carbonyl (C=O) groups is 2. The van der Waals surface area contributed by atoms with E-state index in [1.54, 1.807) is 28.0 Å². The fourth-order valence-electron chi connectivity index (χ4n) is 4.37. The Hall–Kier alpha value is -3.03. The van der Waals surface area contributed by atoms with E-state index in [1.165, 1.54) is 0 Å². The van der Waals surface area contributed by atoms with Crippen LogP contribution in [0, 0.1) is 0 Å². The van der Waals surface area contributed by atoms with Gasteiger partial charge in [0, 0.05) is 24.0 Å². The maximum absolute atomic E-state index is 13.3. The van der Waals surface area contributed by atoms with Crippen molar-refractivity contribution >= 4 is 40.3 Å². The van der Waals surface area contributed by atoms with E-state index in [9.17, 15) is 14.7 Å². The molecule has 2 amide bonds. The van der Waals surface area contributed by atoms with E-state index >= 15 is 0 Å². The standard InChI is InChI=1S/C23H21ClN4O3/c24-19-7-5-14-6-8-20(26-22(14)25-19)28-18(16-3-1-2-4-17(16)23(28)31)13-21(30)27-11-9-15(29)10-12-27/h1-8,15,18,29H,9-13H2/t18-/m1/s1. The van der Waals surface area contributed by atoms with Gasteiger partial charge in [0.1, 0.15) is 11.0 Å². The number of nitrogens with zero attached hydrogens (tertiary/aromatic N) is 4. The fraction of sp³-hybridized carbons (Fsp3) is 0.304. The number of likely N-dealkylation sites (tertiary alicyclic amines) is 1. The van der Waals surface area contributed by atoms with E-state index < -0.39 is 6.04 Å². The zero-order valence-corrected chi connectivity index (χ0v) is 17.5. The van der Waals surface area contributed by atoms with Crippen LogP contribution in [-0.2, 0) is 4.79 Å². The topological polar surface area (TPSA) is 86.6 Å². The number of amides is 2. The van der Waals surface area contributed by atoms with Gasteiger partial charge in [-0.2, -0.15) is 0 Å². The van der Waals surface area contributed by atoms with E-state index in [-0.39, 0.29) is 24.3 Å². The molecule has 7 nitrogen and oxygen atoms in total. The minimum absolute atomic E-state index is 0.0339. The number of benzene rings is 1. The van der Waals surface area contributed by atoms with Crippen molar-refractivity contribution in [2.24, 2.45) is 0 Å². The summed E-state index contributed by atoms with van der Waals surface area (Å²) in [6, 6.07) is 14.1. The second-order valence-electron chi connectivity index (χ2n) is 7.94. The predicted octanol–water partition coefficient (Wildman–Crippen LogP) is 3.36. The Kier molecular flexibility index (Phi) is 5.08. The molecule has 0 spiro atoms. The number of aliphatic hydroxyl groups is 1. The molecule has 0 saturated carbocycles. The Labute approximate surface area is 184 Å². The largest absolute Gasteiger partial charge is 0.393 e. The van der Waals surface area contributed by atoms with Crippen molar-refractivity contribution in [3.8, 4) is 0 Å². The highest BCUT2D eigenvalue weighted by Crippen LogP contribution is 2.39. The summed E-state index contributed by atoms with van der Waals surface area (Å²) in [5.41, 5.74) is 1.85. The molecule has 31 heavy (non-hydrogen) atoms. The normalized spacial score (nSPS) is 19.2. The second-order valence-corrected chi connectivity index (χ2v) is 8.33. The molecule has 0 aliphatic carbocycles. The molecule has 1 aromatic carbocycles. The van der Waals surface area contributed by atoms with Crippen LogP contribution >= 0.6 is 11.6 Å². The van der Waals surface area contributed by atoms with Gasteiger partial charge in [0.05, 0.1) is 18.6 Å². The number of pyridine rings is 2. The van der Waals surface area contributed by atoms with Crippen LogP contribution in [0.2, 0.25) is 5.15 Å².